The summed E-state index contributed by atoms with van der Waals surface area (Å²) >= 11 is 0. The van der Waals surface area contributed by atoms with Gasteiger partial charge < -0.3 is 30.2 Å². The Hall–Kier alpha value is -2.56. The minimum atomic E-state index is -2.62. The monoisotopic (exact) mass is 579 g/mol. The molecule has 9 heteroatoms. The summed E-state index contributed by atoms with van der Waals surface area (Å²) in [6.45, 7) is 7.34. The van der Waals surface area contributed by atoms with E-state index >= 15 is 0 Å². The Kier molecular flexibility index (Phi) is 9.30. The van der Waals surface area contributed by atoms with Crippen molar-refractivity contribution in [3.8, 4) is 0 Å². The van der Waals surface area contributed by atoms with Crippen LogP contribution < -0.4 is 10.6 Å². The Labute approximate surface area is 244 Å². The number of carbonyl (C=O) groups is 2. The van der Waals surface area contributed by atoms with E-state index in [-0.39, 0.29) is 60.6 Å². The van der Waals surface area contributed by atoms with E-state index < -0.39 is 8.32 Å². The SMILES string of the molecule is C[C@H]1[C@H]([Si](C)(C)O)[C@@H](CC(=O)N2Cc3ccccc3C[C@H]2CO)O[C@H]1CCc1ccc(NC(=O)[C@H]2CCCN2)cc1. The molecular formula is C32H45N3O5Si. The molecular weight excluding hydrogens is 534 g/mol. The lowest BCUT2D eigenvalue weighted by molar-refractivity contribution is -0.138. The highest BCUT2D eigenvalue weighted by atomic mass is 28.4. The van der Waals surface area contributed by atoms with Gasteiger partial charge in [0.2, 0.25) is 11.8 Å². The van der Waals surface area contributed by atoms with Crippen molar-refractivity contribution in [2.45, 2.75) is 94.9 Å². The van der Waals surface area contributed by atoms with Gasteiger partial charge in [-0.25, -0.2) is 0 Å². The molecule has 2 aromatic rings. The minimum Gasteiger partial charge on any atom is -0.432 e. The van der Waals surface area contributed by atoms with Crippen molar-refractivity contribution < 1.29 is 24.2 Å². The van der Waals surface area contributed by atoms with Gasteiger partial charge in [0.1, 0.15) is 0 Å². The van der Waals surface area contributed by atoms with E-state index in [2.05, 4.69) is 23.6 Å². The molecule has 3 aliphatic heterocycles. The Balaban J connectivity index is 1.20. The summed E-state index contributed by atoms with van der Waals surface area (Å²) in [5.41, 5.74) is 4.21. The van der Waals surface area contributed by atoms with Crippen molar-refractivity contribution in [3.05, 3.63) is 65.2 Å². The smallest absolute Gasteiger partial charge is 0.241 e. The van der Waals surface area contributed by atoms with Crippen LogP contribution in [0.1, 0.15) is 49.3 Å². The van der Waals surface area contributed by atoms with Crippen LogP contribution in [0.25, 0.3) is 0 Å². The average Bonchev–Trinajstić information content (AvgIpc) is 3.60. The van der Waals surface area contributed by atoms with Crippen molar-refractivity contribution in [2.75, 3.05) is 18.5 Å². The minimum absolute atomic E-state index is 0.0184. The van der Waals surface area contributed by atoms with Gasteiger partial charge >= 0.3 is 0 Å². The summed E-state index contributed by atoms with van der Waals surface area (Å²) in [5, 5.41) is 16.3. The molecule has 2 amide bonds. The van der Waals surface area contributed by atoms with E-state index in [1.165, 1.54) is 5.56 Å². The van der Waals surface area contributed by atoms with Crippen LogP contribution in [0.2, 0.25) is 18.6 Å². The van der Waals surface area contributed by atoms with Gasteiger partial charge in [0.25, 0.3) is 0 Å². The maximum absolute atomic E-state index is 13.6. The fourth-order valence-corrected chi connectivity index (χ4v) is 9.75. The molecule has 3 heterocycles. The summed E-state index contributed by atoms with van der Waals surface area (Å²) in [5.74, 6) is 0.127. The molecule has 0 aliphatic carbocycles. The van der Waals surface area contributed by atoms with Crippen molar-refractivity contribution in [2.24, 2.45) is 5.92 Å². The first-order chi connectivity index (χ1) is 19.6. The van der Waals surface area contributed by atoms with Crippen molar-refractivity contribution >= 4 is 25.8 Å². The first-order valence-corrected chi connectivity index (χ1v) is 18.1. The fourth-order valence-electron chi connectivity index (χ4n) is 7.14. The van der Waals surface area contributed by atoms with Crippen molar-refractivity contribution in [3.63, 3.8) is 0 Å². The molecule has 222 valence electrons. The Bertz CT molecular complexity index is 1210. The van der Waals surface area contributed by atoms with E-state index in [4.69, 9.17) is 4.74 Å². The quantitative estimate of drug-likeness (QED) is 0.338. The topological polar surface area (TPSA) is 111 Å². The highest BCUT2D eigenvalue weighted by molar-refractivity contribution is 6.71. The van der Waals surface area contributed by atoms with Gasteiger partial charge in [-0.05, 0) is 86.5 Å². The molecule has 2 fully saturated rings. The largest absolute Gasteiger partial charge is 0.432 e. The molecule has 0 aromatic heterocycles. The maximum Gasteiger partial charge on any atom is 0.241 e. The number of anilines is 1. The van der Waals surface area contributed by atoms with Gasteiger partial charge in [-0.1, -0.05) is 43.3 Å². The lowest BCUT2D eigenvalue weighted by Crippen LogP contribution is -2.48. The van der Waals surface area contributed by atoms with Crippen LogP contribution in [-0.2, 0) is 33.7 Å². The number of amides is 2. The predicted octanol–water partition coefficient (Wildman–Crippen LogP) is 3.62. The molecule has 0 spiro atoms. The number of aliphatic hydroxyl groups excluding tert-OH is 1. The van der Waals surface area contributed by atoms with Crippen LogP contribution in [0.5, 0.6) is 0 Å². The molecule has 6 atom stereocenters. The van der Waals surface area contributed by atoms with E-state index in [1.54, 1.807) is 4.90 Å². The number of aryl methyl sites for hydroxylation is 1. The van der Waals surface area contributed by atoms with Gasteiger partial charge in [-0.2, -0.15) is 0 Å². The lowest BCUT2D eigenvalue weighted by atomic mass is 9.93. The number of nitrogens with zero attached hydrogens (tertiary/aromatic N) is 1. The molecule has 3 aliphatic rings. The zero-order chi connectivity index (χ0) is 29.1. The number of carbonyl (C=O) groups excluding carboxylic acids is 2. The molecule has 2 aromatic carbocycles. The van der Waals surface area contributed by atoms with Crippen LogP contribution in [0.4, 0.5) is 5.69 Å². The van der Waals surface area contributed by atoms with Gasteiger partial charge in [0.15, 0.2) is 8.32 Å². The number of benzene rings is 2. The second-order valence-electron chi connectivity index (χ2n) is 12.7. The van der Waals surface area contributed by atoms with Gasteiger partial charge in [0.05, 0.1) is 37.3 Å². The van der Waals surface area contributed by atoms with Gasteiger partial charge in [-0.3, -0.25) is 9.59 Å². The van der Waals surface area contributed by atoms with Gasteiger partial charge in [0, 0.05) is 17.8 Å². The van der Waals surface area contributed by atoms with Gasteiger partial charge in [-0.15, -0.1) is 0 Å². The summed E-state index contributed by atoms with van der Waals surface area (Å²) in [4.78, 5) is 39.1. The van der Waals surface area contributed by atoms with E-state index in [0.717, 1.165) is 49.0 Å². The Morgan fingerprint density at radius 3 is 2.49 bits per heavy atom. The molecule has 0 bridgehead atoms. The highest BCUT2D eigenvalue weighted by Crippen LogP contribution is 2.46. The average molecular weight is 580 g/mol. The summed E-state index contributed by atoms with van der Waals surface area (Å²) < 4.78 is 6.57. The number of nitrogens with one attached hydrogen (secondary N) is 2. The first kappa shape index (κ1) is 29.9. The zero-order valence-corrected chi connectivity index (χ0v) is 25.5. The second-order valence-corrected chi connectivity index (χ2v) is 16.6. The van der Waals surface area contributed by atoms with Crippen molar-refractivity contribution in [1.29, 1.82) is 0 Å². The molecule has 41 heavy (non-hydrogen) atoms. The Morgan fingerprint density at radius 2 is 1.83 bits per heavy atom. The molecule has 8 nitrogen and oxygen atoms in total. The molecule has 4 N–H and O–H groups in total. The third-order valence-corrected chi connectivity index (χ3v) is 11.8. The van der Waals surface area contributed by atoms with Crippen LogP contribution in [0, 0.1) is 5.92 Å². The third-order valence-electron chi connectivity index (χ3n) is 9.30. The Morgan fingerprint density at radius 1 is 1.10 bits per heavy atom. The molecule has 5 rings (SSSR count). The van der Waals surface area contributed by atoms with Crippen LogP contribution in [-0.4, -0.2) is 72.4 Å². The summed E-state index contributed by atoms with van der Waals surface area (Å²) in [6, 6.07) is 15.7. The van der Waals surface area contributed by atoms with Crippen LogP contribution >= 0.6 is 0 Å². The molecule has 0 unspecified atom stereocenters. The van der Waals surface area contributed by atoms with E-state index in [0.29, 0.717) is 13.0 Å². The maximum atomic E-state index is 13.6. The number of ether oxygens (including phenoxy) is 1. The number of hydrogen-bond acceptors (Lipinski definition) is 6. The number of hydrogen-bond donors (Lipinski definition) is 4. The lowest BCUT2D eigenvalue weighted by Gasteiger charge is -2.37. The van der Waals surface area contributed by atoms with Crippen molar-refractivity contribution in [1.82, 2.24) is 10.2 Å². The predicted molar refractivity (Wildman–Crippen MR) is 162 cm³/mol. The summed E-state index contributed by atoms with van der Waals surface area (Å²) in [6.07, 6.45) is 3.97. The second kappa shape index (κ2) is 12.7. The van der Waals surface area contributed by atoms with E-state index in [1.807, 2.05) is 55.6 Å². The number of rotatable bonds is 9. The number of fused-ring (bicyclic) bond motifs is 1. The summed E-state index contributed by atoms with van der Waals surface area (Å²) in [7, 11) is -2.62. The molecule has 0 saturated carbocycles. The molecule has 2 saturated heterocycles. The third kappa shape index (κ3) is 6.92. The fraction of sp³-hybridized carbons (Fsp3) is 0.562. The zero-order valence-electron chi connectivity index (χ0n) is 24.5. The van der Waals surface area contributed by atoms with Crippen LogP contribution in [0.15, 0.2) is 48.5 Å². The molecule has 0 radical (unpaired) electrons. The number of aliphatic hydroxyl groups is 1. The highest BCUT2D eigenvalue weighted by Gasteiger charge is 2.50. The first-order valence-electron chi connectivity index (χ1n) is 15.1. The van der Waals surface area contributed by atoms with E-state index in [9.17, 15) is 19.5 Å². The standard InChI is InChI=1S/C32H45N3O5Si/c1-21-28(15-12-22-10-13-25(14-11-22)34-32(38)27-9-6-16-33-27)40-29(31(21)41(2,3)39)18-30(37)35-19-24-8-5-4-7-23(24)17-26(35)20-36/h4-5,7-8,10-11,13-14,21,26-29,31,33,36,39H,6,9,12,15-20H2,1-3H3,(H,34,38)/t21-,26+,27-,28+,29-,31+/m1/s1. The van der Waals surface area contributed by atoms with Crippen LogP contribution in [0.3, 0.4) is 0 Å². The normalized spacial score (nSPS) is 28.0.